The van der Waals surface area contributed by atoms with Crippen LogP contribution in [0.2, 0.25) is 0 Å². The van der Waals surface area contributed by atoms with Gasteiger partial charge in [0.15, 0.2) is 0 Å². The molecule has 0 aliphatic carbocycles. The van der Waals surface area contributed by atoms with Crippen molar-refractivity contribution in [3.63, 3.8) is 0 Å². The van der Waals surface area contributed by atoms with E-state index in [0.29, 0.717) is 6.04 Å². The summed E-state index contributed by atoms with van der Waals surface area (Å²) in [6.45, 7) is 11.8. The van der Waals surface area contributed by atoms with E-state index in [9.17, 15) is 5.11 Å². The molecule has 2 N–H and O–H groups in total. The average Bonchev–Trinajstić information content (AvgIpc) is 2.52. The normalized spacial score (nSPS) is 21.2. The number of hydrogen-bond acceptors (Lipinski definition) is 4. The van der Waals surface area contributed by atoms with Crippen LogP contribution in [0.1, 0.15) is 32.4 Å². The molecule has 1 aliphatic rings. The lowest BCUT2D eigenvalue weighted by Gasteiger charge is -2.39. The second kappa shape index (κ2) is 7.78. The van der Waals surface area contributed by atoms with Gasteiger partial charge < -0.3 is 15.3 Å². The Morgan fingerprint density at radius 1 is 1.29 bits per heavy atom. The van der Waals surface area contributed by atoms with Crippen LogP contribution in [0.25, 0.3) is 0 Å². The number of piperazine rings is 1. The van der Waals surface area contributed by atoms with Crippen molar-refractivity contribution in [1.82, 2.24) is 10.2 Å². The molecule has 0 spiro atoms. The van der Waals surface area contributed by atoms with Gasteiger partial charge in [-0.15, -0.1) is 0 Å². The minimum absolute atomic E-state index is 0.104. The number of benzene rings is 1. The Morgan fingerprint density at radius 3 is 2.48 bits per heavy atom. The molecule has 2 unspecified atom stereocenters. The summed E-state index contributed by atoms with van der Waals surface area (Å²) in [7, 11) is 0. The first-order chi connectivity index (χ1) is 10.2. The van der Waals surface area contributed by atoms with Crippen molar-refractivity contribution in [2.45, 2.75) is 32.9 Å². The Hall–Kier alpha value is -1.10. The van der Waals surface area contributed by atoms with E-state index in [1.165, 1.54) is 11.3 Å². The Kier molecular flexibility index (Phi) is 6.03. The highest BCUT2D eigenvalue weighted by Crippen LogP contribution is 2.25. The van der Waals surface area contributed by atoms with Gasteiger partial charge in [0.1, 0.15) is 0 Å². The molecule has 0 aromatic heterocycles. The zero-order valence-electron chi connectivity index (χ0n) is 13.5. The molecule has 0 bridgehead atoms. The lowest BCUT2D eigenvalue weighted by molar-refractivity contribution is 0.0723. The first-order valence-corrected chi connectivity index (χ1v) is 8.13. The predicted molar refractivity (Wildman–Crippen MR) is 88.9 cm³/mol. The van der Waals surface area contributed by atoms with Crippen molar-refractivity contribution in [2.75, 3.05) is 44.2 Å². The lowest BCUT2D eigenvalue weighted by Crippen LogP contribution is -2.51. The third-order valence-electron chi connectivity index (χ3n) is 4.53. The van der Waals surface area contributed by atoms with Crippen LogP contribution in [0.15, 0.2) is 24.3 Å². The third kappa shape index (κ3) is 3.76. The number of nitrogens with zero attached hydrogens (tertiary/aromatic N) is 2. The van der Waals surface area contributed by atoms with Gasteiger partial charge in [-0.25, -0.2) is 0 Å². The average molecular weight is 291 g/mol. The summed E-state index contributed by atoms with van der Waals surface area (Å²) in [5, 5.41) is 13.3. The molecule has 4 heteroatoms. The van der Waals surface area contributed by atoms with Crippen molar-refractivity contribution in [1.29, 1.82) is 0 Å². The number of rotatable bonds is 6. The minimum Gasteiger partial charge on any atom is -0.394 e. The molecule has 4 nitrogen and oxygen atoms in total. The zero-order chi connectivity index (χ0) is 15.2. The smallest absolute Gasteiger partial charge is 0.0628 e. The van der Waals surface area contributed by atoms with Gasteiger partial charge in [-0.2, -0.15) is 0 Å². The number of aliphatic hydroxyl groups excluding tert-OH is 1. The summed E-state index contributed by atoms with van der Waals surface area (Å²) in [4.78, 5) is 4.74. The number of aliphatic hydroxyl groups is 1. The SMILES string of the molecule is CCN(CC)c1ccc(C(CO)N2CCNCC2C)cc1. The van der Waals surface area contributed by atoms with Gasteiger partial charge in [0.2, 0.25) is 0 Å². The van der Waals surface area contributed by atoms with Gasteiger partial charge in [-0.05, 0) is 38.5 Å². The predicted octanol–water partition coefficient (Wildman–Crippen LogP) is 1.86. The van der Waals surface area contributed by atoms with Gasteiger partial charge in [-0.1, -0.05) is 12.1 Å². The molecule has 1 aromatic carbocycles. The number of nitrogens with one attached hydrogen (secondary N) is 1. The standard InChI is InChI=1S/C17H29N3O/c1-4-19(5-2)16-8-6-15(7-9-16)17(13-21)20-11-10-18-12-14(20)3/h6-9,14,17-18,21H,4-5,10-13H2,1-3H3. The molecule has 2 atom stereocenters. The van der Waals surface area contributed by atoms with Crippen LogP contribution < -0.4 is 10.2 Å². The van der Waals surface area contributed by atoms with E-state index in [1.807, 2.05) is 0 Å². The molecule has 1 aromatic rings. The first-order valence-electron chi connectivity index (χ1n) is 8.13. The van der Waals surface area contributed by atoms with Crippen LogP contribution in [0.3, 0.4) is 0 Å². The summed E-state index contributed by atoms with van der Waals surface area (Å²) in [6.07, 6.45) is 0. The molecule has 118 valence electrons. The molecule has 21 heavy (non-hydrogen) atoms. The molecule has 2 rings (SSSR count). The Bertz CT molecular complexity index is 417. The maximum atomic E-state index is 9.85. The fraction of sp³-hybridized carbons (Fsp3) is 0.647. The zero-order valence-corrected chi connectivity index (χ0v) is 13.5. The maximum Gasteiger partial charge on any atom is 0.0628 e. The third-order valence-corrected chi connectivity index (χ3v) is 4.53. The van der Waals surface area contributed by atoms with Crippen LogP contribution in [0.5, 0.6) is 0 Å². The second-order valence-corrected chi connectivity index (χ2v) is 5.75. The second-order valence-electron chi connectivity index (χ2n) is 5.75. The highest BCUT2D eigenvalue weighted by Gasteiger charge is 2.26. The summed E-state index contributed by atoms with van der Waals surface area (Å²) >= 11 is 0. The molecule has 1 fully saturated rings. The molecule has 0 amide bonds. The van der Waals surface area contributed by atoms with Crippen molar-refractivity contribution in [2.24, 2.45) is 0 Å². The van der Waals surface area contributed by atoms with Crippen LogP contribution in [0.4, 0.5) is 5.69 Å². The summed E-state index contributed by atoms with van der Waals surface area (Å²) < 4.78 is 0. The quantitative estimate of drug-likeness (QED) is 0.839. The number of hydrogen-bond donors (Lipinski definition) is 2. The van der Waals surface area contributed by atoms with Crippen LogP contribution in [-0.4, -0.2) is 55.4 Å². The Balaban J connectivity index is 2.14. The number of anilines is 1. The Labute approximate surface area is 128 Å². The summed E-state index contributed by atoms with van der Waals surface area (Å²) in [5.74, 6) is 0. The lowest BCUT2D eigenvalue weighted by atomic mass is 10.0. The van der Waals surface area contributed by atoms with Gasteiger partial charge >= 0.3 is 0 Å². The molecule has 1 heterocycles. The van der Waals surface area contributed by atoms with Crippen LogP contribution >= 0.6 is 0 Å². The van der Waals surface area contributed by atoms with Gasteiger partial charge in [0.05, 0.1) is 12.6 Å². The van der Waals surface area contributed by atoms with E-state index < -0.39 is 0 Å². The van der Waals surface area contributed by atoms with E-state index in [-0.39, 0.29) is 12.6 Å². The van der Waals surface area contributed by atoms with E-state index in [0.717, 1.165) is 32.7 Å². The molecule has 0 radical (unpaired) electrons. The topological polar surface area (TPSA) is 38.7 Å². The monoisotopic (exact) mass is 291 g/mol. The molecule has 1 aliphatic heterocycles. The molecule has 1 saturated heterocycles. The van der Waals surface area contributed by atoms with E-state index in [1.54, 1.807) is 0 Å². The summed E-state index contributed by atoms with van der Waals surface area (Å²) in [5.41, 5.74) is 2.47. The van der Waals surface area contributed by atoms with Crippen molar-refractivity contribution in [3.8, 4) is 0 Å². The van der Waals surface area contributed by atoms with Gasteiger partial charge in [0, 0.05) is 44.5 Å². The summed E-state index contributed by atoms with van der Waals surface area (Å²) in [6, 6.07) is 9.26. The highest BCUT2D eigenvalue weighted by molar-refractivity contribution is 5.47. The van der Waals surface area contributed by atoms with E-state index >= 15 is 0 Å². The van der Waals surface area contributed by atoms with Crippen molar-refractivity contribution in [3.05, 3.63) is 29.8 Å². The molecular formula is C17H29N3O. The molecule has 0 saturated carbocycles. The van der Waals surface area contributed by atoms with Crippen molar-refractivity contribution < 1.29 is 5.11 Å². The van der Waals surface area contributed by atoms with Crippen LogP contribution in [0, 0.1) is 0 Å². The fourth-order valence-corrected chi connectivity index (χ4v) is 3.22. The largest absolute Gasteiger partial charge is 0.394 e. The van der Waals surface area contributed by atoms with Gasteiger partial charge in [0.25, 0.3) is 0 Å². The fourth-order valence-electron chi connectivity index (χ4n) is 3.22. The van der Waals surface area contributed by atoms with Gasteiger partial charge in [-0.3, -0.25) is 4.90 Å². The van der Waals surface area contributed by atoms with Crippen LogP contribution in [-0.2, 0) is 0 Å². The first kappa shape index (κ1) is 16.3. The minimum atomic E-state index is 0.104. The van der Waals surface area contributed by atoms with Crippen molar-refractivity contribution >= 4 is 5.69 Å². The van der Waals surface area contributed by atoms with E-state index in [4.69, 9.17) is 0 Å². The molecular weight excluding hydrogens is 262 g/mol. The van der Waals surface area contributed by atoms with E-state index in [2.05, 4.69) is 60.2 Å². The Morgan fingerprint density at radius 2 is 1.95 bits per heavy atom. The highest BCUT2D eigenvalue weighted by atomic mass is 16.3. The maximum absolute atomic E-state index is 9.85.